The predicted molar refractivity (Wildman–Crippen MR) is 122 cm³/mol. The molecule has 1 aliphatic carbocycles. The van der Waals surface area contributed by atoms with Crippen LogP contribution in [-0.2, 0) is 20.1 Å². The standard InChI is InChI=1S/C20H29FN6O.HI/c1-14-24-25-19(27(14)3)12-22-20(23-16-7-5-6-8-16)26(2)13-15-9-10-18(28-4)17(21)11-15;/h9-11,16H,5-8,12-13H2,1-4H3,(H,22,23);1H. The fourth-order valence-corrected chi connectivity index (χ4v) is 3.42. The molecule has 0 bridgehead atoms. The first-order valence-electron chi connectivity index (χ1n) is 9.67. The predicted octanol–water partition coefficient (Wildman–Crippen LogP) is 3.41. The third-order valence-electron chi connectivity index (χ3n) is 5.24. The first-order chi connectivity index (χ1) is 13.5. The molecule has 0 radical (unpaired) electrons. The monoisotopic (exact) mass is 516 g/mol. The maximum Gasteiger partial charge on any atom is 0.194 e. The number of hydrogen-bond acceptors (Lipinski definition) is 4. The Hall–Kier alpha value is -1.91. The molecule has 0 unspecified atom stereocenters. The van der Waals surface area contributed by atoms with Crippen LogP contribution in [0.4, 0.5) is 4.39 Å². The summed E-state index contributed by atoms with van der Waals surface area (Å²) in [7, 11) is 5.37. The number of aryl methyl sites for hydroxylation is 1. The molecule has 1 aromatic carbocycles. The van der Waals surface area contributed by atoms with Gasteiger partial charge < -0.3 is 19.5 Å². The van der Waals surface area contributed by atoms with E-state index in [0.717, 1.165) is 36.0 Å². The minimum atomic E-state index is -0.356. The van der Waals surface area contributed by atoms with Crippen molar-refractivity contribution in [2.45, 2.75) is 51.7 Å². The van der Waals surface area contributed by atoms with Gasteiger partial charge in [-0.25, -0.2) is 9.38 Å². The van der Waals surface area contributed by atoms with Crippen molar-refractivity contribution in [3.63, 3.8) is 0 Å². The Kier molecular flexibility index (Phi) is 8.66. The molecule has 7 nitrogen and oxygen atoms in total. The molecule has 0 saturated heterocycles. The third kappa shape index (κ3) is 6.03. The van der Waals surface area contributed by atoms with Crippen molar-refractivity contribution in [3.8, 4) is 5.75 Å². The molecule has 3 rings (SSSR count). The molecule has 160 valence electrons. The molecule has 2 aromatic rings. The number of aromatic nitrogens is 3. The molecule has 1 N–H and O–H groups in total. The number of ether oxygens (including phenoxy) is 1. The summed E-state index contributed by atoms with van der Waals surface area (Å²) in [4.78, 5) is 6.79. The van der Waals surface area contributed by atoms with E-state index in [1.165, 1.54) is 26.0 Å². The maximum atomic E-state index is 14.0. The average Bonchev–Trinajstić information content (AvgIpc) is 3.30. The van der Waals surface area contributed by atoms with Crippen LogP contribution in [0.3, 0.4) is 0 Å². The van der Waals surface area contributed by atoms with Crippen LogP contribution in [0.2, 0.25) is 0 Å². The topological polar surface area (TPSA) is 67.6 Å². The van der Waals surface area contributed by atoms with Crippen LogP contribution < -0.4 is 10.1 Å². The zero-order valence-electron chi connectivity index (χ0n) is 17.5. The number of hydrogen-bond donors (Lipinski definition) is 1. The summed E-state index contributed by atoms with van der Waals surface area (Å²) in [5, 5.41) is 11.9. The van der Waals surface area contributed by atoms with Gasteiger partial charge in [-0.2, -0.15) is 0 Å². The van der Waals surface area contributed by atoms with Gasteiger partial charge in [0.1, 0.15) is 12.4 Å². The van der Waals surface area contributed by atoms with Gasteiger partial charge in [0.2, 0.25) is 0 Å². The van der Waals surface area contributed by atoms with Crippen LogP contribution in [0, 0.1) is 12.7 Å². The molecule has 0 aliphatic heterocycles. The number of methoxy groups -OCH3 is 1. The molecule has 9 heteroatoms. The average molecular weight is 516 g/mol. The Bertz CT molecular complexity index is 834. The normalized spacial score (nSPS) is 14.6. The van der Waals surface area contributed by atoms with Crippen LogP contribution in [0.25, 0.3) is 0 Å². The summed E-state index contributed by atoms with van der Waals surface area (Å²) in [6.07, 6.45) is 4.77. The van der Waals surface area contributed by atoms with E-state index in [0.29, 0.717) is 19.1 Å². The van der Waals surface area contributed by atoms with E-state index in [-0.39, 0.29) is 35.5 Å². The summed E-state index contributed by atoms with van der Waals surface area (Å²) in [5.41, 5.74) is 0.858. The molecule has 0 amide bonds. The molecule has 0 spiro atoms. The highest BCUT2D eigenvalue weighted by atomic mass is 127. The molecule has 1 fully saturated rings. The lowest BCUT2D eigenvalue weighted by atomic mass is 10.2. The fraction of sp³-hybridized carbons (Fsp3) is 0.550. The van der Waals surface area contributed by atoms with Crippen LogP contribution in [0.1, 0.15) is 42.9 Å². The van der Waals surface area contributed by atoms with Crippen molar-refractivity contribution >= 4 is 29.9 Å². The maximum absolute atomic E-state index is 14.0. The summed E-state index contributed by atoms with van der Waals surface area (Å²) >= 11 is 0. The zero-order valence-corrected chi connectivity index (χ0v) is 19.8. The van der Waals surface area contributed by atoms with Gasteiger partial charge in [0, 0.05) is 26.7 Å². The quantitative estimate of drug-likeness (QED) is 0.362. The van der Waals surface area contributed by atoms with Crippen LogP contribution in [0.15, 0.2) is 23.2 Å². The van der Waals surface area contributed by atoms with Crippen LogP contribution in [-0.4, -0.2) is 45.8 Å². The molecule has 1 heterocycles. The summed E-state index contributed by atoms with van der Waals surface area (Å²) in [6, 6.07) is 5.46. The molecule has 1 aromatic heterocycles. The molecule has 29 heavy (non-hydrogen) atoms. The highest BCUT2D eigenvalue weighted by molar-refractivity contribution is 14.0. The number of benzene rings is 1. The first-order valence-corrected chi connectivity index (χ1v) is 9.67. The summed E-state index contributed by atoms with van der Waals surface area (Å²) in [6.45, 7) is 2.90. The lowest BCUT2D eigenvalue weighted by molar-refractivity contribution is 0.385. The second-order valence-electron chi connectivity index (χ2n) is 7.31. The van der Waals surface area contributed by atoms with E-state index in [4.69, 9.17) is 9.73 Å². The van der Waals surface area contributed by atoms with Crippen molar-refractivity contribution in [1.29, 1.82) is 0 Å². The SMILES string of the molecule is COc1ccc(CN(C)C(=NCc2nnc(C)n2C)NC2CCCC2)cc1F.I. The number of nitrogens with zero attached hydrogens (tertiary/aromatic N) is 5. The van der Waals surface area contributed by atoms with Crippen molar-refractivity contribution in [2.24, 2.45) is 12.0 Å². The minimum absolute atomic E-state index is 0. The largest absolute Gasteiger partial charge is 0.494 e. The minimum Gasteiger partial charge on any atom is -0.494 e. The van der Waals surface area contributed by atoms with E-state index in [1.807, 2.05) is 36.6 Å². The van der Waals surface area contributed by atoms with E-state index in [2.05, 4.69) is 15.5 Å². The van der Waals surface area contributed by atoms with Gasteiger partial charge in [0.15, 0.2) is 23.4 Å². The molecule has 1 aliphatic rings. The van der Waals surface area contributed by atoms with Gasteiger partial charge in [-0.3, -0.25) is 0 Å². The second kappa shape index (κ2) is 10.7. The smallest absolute Gasteiger partial charge is 0.194 e. The second-order valence-corrected chi connectivity index (χ2v) is 7.31. The Morgan fingerprint density at radius 2 is 2.07 bits per heavy atom. The fourth-order valence-electron chi connectivity index (χ4n) is 3.42. The number of nitrogens with one attached hydrogen (secondary N) is 1. The Balaban J connectivity index is 0.00000300. The highest BCUT2D eigenvalue weighted by Crippen LogP contribution is 2.20. The van der Waals surface area contributed by atoms with Gasteiger partial charge in [0.05, 0.1) is 7.11 Å². The molecule has 0 atom stereocenters. The van der Waals surface area contributed by atoms with Crippen molar-refractivity contribution in [1.82, 2.24) is 25.0 Å². The van der Waals surface area contributed by atoms with E-state index in [9.17, 15) is 4.39 Å². The Morgan fingerprint density at radius 1 is 1.34 bits per heavy atom. The van der Waals surface area contributed by atoms with Crippen LogP contribution >= 0.6 is 24.0 Å². The lowest BCUT2D eigenvalue weighted by Crippen LogP contribution is -2.43. The van der Waals surface area contributed by atoms with Gasteiger partial charge >= 0.3 is 0 Å². The molecular formula is C20H30FIN6O. The van der Waals surface area contributed by atoms with Crippen LogP contribution in [0.5, 0.6) is 5.75 Å². The number of halogens is 2. The van der Waals surface area contributed by atoms with Gasteiger partial charge in [-0.15, -0.1) is 34.2 Å². The summed E-state index contributed by atoms with van der Waals surface area (Å²) < 4.78 is 21.0. The number of guanidine groups is 1. The number of aliphatic imine (C=N–C) groups is 1. The van der Waals surface area contributed by atoms with Gasteiger partial charge in [-0.05, 0) is 37.5 Å². The zero-order chi connectivity index (χ0) is 20.1. The Morgan fingerprint density at radius 3 is 2.66 bits per heavy atom. The highest BCUT2D eigenvalue weighted by Gasteiger charge is 2.19. The molecular weight excluding hydrogens is 486 g/mol. The lowest BCUT2D eigenvalue weighted by Gasteiger charge is -2.25. The first kappa shape index (κ1) is 23.4. The summed E-state index contributed by atoms with van der Waals surface area (Å²) in [5.74, 6) is 2.36. The third-order valence-corrected chi connectivity index (χ3v) is 5.24. The van der Waals surface area contributed by atoms with E-state index >= 15 is 0 Å². The van der Waals surface area contributed by atoms with E-state index < -0.39 is 0 Å². The van der Waals surface area contributed by atoms with Crippen molar-refractivity contribution < 1.29 is 9.13 Å². The van der Waals surface area contributed by atoms with E-state index in [1.54, 1.807) is 6.07 Å². The van der Waals surface area contributed by atoms with Crippen molar-refractivity contribution in [3.05, 3.63) is 41.2 Å². The number of rotatable bonds is 6. The van der Waals surface area contributed by atoms with Crippen molar-refractivity contribution in [2.75, 3.05) is 14.2 Å². The van der Waals surface area contributed by atoms with Gasteiger partial charge in [0.25, 0.3) is 0 Å². The Labute approximate surface area is 188 Å². The molecule has 1 saturated carbocycles. The van der Waals surface area contributed by atoms with Gasteiger partial charge in [-0.1, -0.05) is 18.9 Å².